The Morgan fingerprint density at radius 3 is 2.57 bits per heavy atom. The topological polar surface area (TPSA) is 79.3 Å². The second-order valence-corrected chi connectivity index (χ2v) is 6.60. The molecule has 2 N–H and O–H groups in total. The van der Waals surface area contributed by atoms with Gasteiger partial charge in [-0.05, 0) is 18.1 Å². The predicted octanol–water partition coefficient (Wildman–Crippen LogP) is 3.52. The molecule has 0 saturated carbocycles. The average molecular weight is 332 g/mol. The second kappa shape index (κ2) is 7.37. The molecule has 1 atom stereocenters. The molecule has 0 saturated heterocycles. The summed E-state index contributed by atoms with van der Waals surface area (Å²) in [4.78, 5) is 27.9. The van der Waals surface area contributed by atoms with Crippen molar-refractivity contribution in [3.8, 4) is 0 Å². The smallest absolute Gasteiger partial charge is 0.305 e. The van der Waals surface area contributed by atoms with Crippen LogP contribution in [0, 0.1) is 6.92 Å². The van der Waals surface area contributed by atoms with Gasteiger partial charge in [-0.1, -0.05) is 38.1 Å². The van der Waals surface area contributed by atoms with E-state index in [1.54, 1.807) is 5.38 Å². The number of carbonyl (C=O) groups is 2. The summed E-state index contributed by atoms with van der Waals surface area (Å²) in [6.45, 7) is 5.93. The lowest BCUT2D eigenvalue weighted by Gasteiger charge is -2.19. The van der Waals surface area contributed by atoms with Crippen LogP contribution >= 0.6 is 11.3 Å². The number of benzene rings is 1. The Bertz CT molecular complexity index is 709. The molecule has 0 radical (unpaired) electrons. The van der Waals surface area contributed by atoms with Crippen LogP contribution in [0.5, 0.6) is 0 Å². The van der Waals surface area contributed by atoms with Crippen molar-refractivity contribution in [2.24, 2.45) is 0 Å². The number of rotatable bonds is 6. The van der Waals surface area contributed by atoms with Gasteiger partial charge in [0.05, 0.1) is 17.5 Å². The summed E-state index contributed by atoms with van der Waals surface area (Å²) in [6.07, 6.45) is -0.169. The minimum Gasteiger partial charge on any atom is -0.481 e. The van der Waals surface area contributed by atoms with Crippen molar-refractivity contribution >= 4 is 23.2 Å². The van der Waals surface area contributed by atoms with E-state index >= 15 is 0 Å². The van der Waals surface area contributed by atoms with Crippen LogP contribution in [0.1, 0.15) is 58.9 Å². The van der Waals surface area contributed by atoms with Crippen LogP contribution in [0.4, 0.5) is 0 Å². The molecule has 6 heteroatoms. The lowest BCUT2D eigenvalue weighted by atomic mass is 9.98. The largest absolute Gasteiger partial charge is 0.481 e. The van der Waals surface area contributed by atoms with Gasteiger partial charge in [0, 0.05) is 11.3 Å². The van der Waals surface area contributed by atoms with E-state index in [1.165, 1.54) is 11.3 Å². The minimum absolute atomic E-state index is 0.169. The summed E-state index contributed by atoms with van der Waals surface area (Å²) < 4.78 is 0. The van der Waals surface area contributed by atoms with E-state index in [2.05, 4.69) is 10.3 Å². The highest BCUT2D eigenvalue weighted by Gasteiger charge is 2.21. The summed E-state index contributed by atoms with van der Waals surface area (Å²) in [6, 6.07) is 6.88. The molecule has 122 valence electrons. The molecule has 2 aromatic rings. The first kappa shape index (κ1) is 17.1. The maximum Gasteiger partial charge on any atom is 0.305 e. The first-order chi connectivity index (χ1) is 10.9. The molecular formula is C17H20N2O3S. The number of carboxylic acid groups (broad SMARTS) is 1. The lowest BCUT2D eigenvalue weighted by molar-refractivity contribution is -0.137. The normalized spacial score (nSPS) is 12.2. The predicted molar refractivity (Wildman–Crippen MR) is 89.8 cm³/mol. The SMILES string of the molecule is Cc1ccccc1C(CC(=O)O)NC(=O)c1csc(C(C)C)n1. The summed E-state index contributed by atoms with van der Waals surface area (Å²) in [5, 5.41) is 14.5. The van der Waals surface area contributed by atoms with E-state index in [1.807, 2.05) is 45.0 Å². The standard InChI is InChI=1S/C17H20N2O3S/c1-10(2)17-19-14(9-23-17)16(22)18-13(8-15(20)21)12-7-5-4-6-11(12)3/h4-7,9-10,13H,8H2,1-3H3,(H,18,22)(H,20,21). The molecule has 5 nitrogen and oxygen atoms in total. The molecule has 0 fully saturated rings. The van der Waals surface area contributed by atoms with Gasteiger partial charge >= 0.3 is 5.97 Å². The molecule has 2 rings (SSSR count). The molecule has 0 bridgehead atoms. The Morgan fingerprint density at radius 2 is 2.00 bits per heavy atom. The van der Waals surface area contributed by atoms with Crippen molar-refractivity contribution in [2.45, 2.75) is 39.2 Å². The van der Waals surface area contributed by atoms with E-state index in [-0.39, 0.29) is 18.2 Å². The van der Waals surface area contributed by atoms with Gasteiger partial charge in [0.1, 0.15) is 5.69 Å². The first-order valence-electron chi connectivity index (χ1n) is 7.42. The van der Waals surface area contributed by atoms with Gasteiger partial charge in [-0.25, -0.2) is 4.98 Å². The van der Waals surface area contributed by atoms with E-state index in [4.69, 9.17) is 5.11 Å². The number of aromatic nitrogens is 1. The zero-order valence-corrected chi connectivity index (χ0v) is 14.2. The van der Waals surface area contributed by atoms with Crippen molar-refractivity contribution in [1.82, 2.24) is 10.3 Å². The molecule has 1 amide bonds. The summed E-state index contributed by atoms with van der Waals surface area (Å²) in [5.74, 6) is -1.05. The number of nitrogens with zero attached hydrogens (tertiary/aromatic N) is 1. The highest BCUT2D eigenvalue weighted by Crippen LogP contribution is 2.23. The van der Waals surface area contributed by atoms with E-state index in [0.717, 1.165) is 16.1 Å². The van der Waals surface area contributed by atoms with Gasteiger partial charge in [-0.3, -0.25) is 9.59 Å². The number of carbonyl (C=O) groups excluding carboxylic acids is 1. The van der Waals surface area contributed by atoms with Gasteiger partial charge in [-0.2, -0.15) is 0 Å². The van der Waals surface area contributed by atoms with E-state index in [9.17, 15) is 9.59 Å². The average Bonchev–Trinajstić information content (AvgIpc) is 2.96. The van der Waals surface area contributed by atoms with Crippen molar-refractivity contribution in [3.05, 3.63) is 51.5 Å². The Morgan fingerprint density at radius 1 is 1.30 bits per heavy atom. The minimum atomic E-state index is -0.959. The third-order valence-electron chi connectivity index (χ3n) is 3.50. The second-order valence-electron chi connectivity index (χ2n) is 5.71. The van der Waals surface area contributed by atoms with Crippen molar-refractivity contribution < 1.29 is 14.7 Å². The summed E-state index contributed by atoms with van der Waals surface area (Å²) in [7, 11) is 0. The molecule has 1 aromatic carbocycles. The molecule has 0 aliphatic rings. The van der Waals surface area contributed by atoms with Crippen LogP contribution in [-0.2, 0) is 4.79 Å². The number of nitrogens with one attached hydrogen (secondary N) is 1. The van der Waals surface area contributed by atoms with Crippen LogP contribution in [0.3, 0.4) is 0 Å². The third kappa shape index (κ3) is 4.39. The van der Waals surface area contributed by atoms with E-state index in [0.29, 0.717) is 5.69 Å². The maximum atomic E-state index is 12.4. The Labute approximate surface area is 139 Å². The van der Waals surface area contributed by atoms with Crippen LogP contribution < -0.4 is 5.32 Å². The van der Waals surface area contributed by atoms with Crippen LogP contribution in [-0.4, -0.2) is 22.0 Å². The van der Waals surface area contributed by atoms with Gasteiger partial charge in [0.25, 0.3) is 5.91 Å². The van der Waals surface area contributed by atoms with Gasteiger partial charge in [0.2, 0.25) is 0 Å². The molecular weight excluding hydrogens is 312 g/mol. The number of amides is 1. The number of carboxylic acids is 1. The maximum absolute atomic E-state index is 12.4. The van der Waals surface area contributed by atoms with Crippen molar-refractivity contribution in [3.63, 3.8) is 0 Å². The number of aryl methyl sites for hydroxylation is 1. The Kier molecular flexibility index (Phi) is 5.50. The third-order valence-corrected chi connectivity index (χ3v) is 4.64. The Balaban J connectivity index is 2.21. The fourth-order valence-corrected chi connectivity index (χ4v) is 3.10. The molecule has 0 spiro atoms. The number of aliphatic carboxylic acids is 1. The van der Waals surface area contributed by atoms with Gasteiger partial charge in [0.15, 0.2) is 0 Å². The highest BCUT2D eigenvalue weighted by atomic mass is 32.1. The number of hydrogen-bond acceptors (Lipinski definition) is 4. The van der Waals surface area contributed by atoms with Gasteiger partial charge in [-0.15, -0.1) is 11.3 Å². The summed E-state index contributed by atoms with van der Waals surface area (Å²) >= 11 is 1.44. The molecule has 1 heterocycles. The monoisotopic (exact) mass is 332 g/mol. The Hall–Kier alpha value is -2.21. The molecule has 1 aromatic heterocycles. The zero-order valence-electron chi connectivity index (χ0n) is 13.4. The van der Waals surface area contributed by atoms with Crippen molar-refractivity contribution in [1.29, 1.82) is 0 Å². The number of thiazole rings is 1. The fourth-order valence-electron chi connectivity index (χ4n) is 2.28. The molecule has 0 aliphatic carbocycles. The molecule has 0 aliphatic heterocycles. The van der Waals surface area contributed by atoms with Crippen LogP contribution in [0.2, 0.25) is 0 Å². The molecule has 23 heavy (non-hydrogen) atoms. The lowest BCUT2D eigenvalue weighted by Crippen LogP contribution is -2.31. The first-order valence-corrected chi connectivity index (χ1v) is 8.30. The van der Waals surface area contributed by atoms with Crippen LogP contribution in [0.25, 0.3) is 0 Å². The molecule has 1 unspecified atom stereocenters. The highest BCUT2D eigenvalue weighted by molar-refractivity contribution is 7.09. The quantitative estimate of drug-likeness (QED) is 0.848. The fraction of sp³-hybridized carbons (Fsp3) is 0.353. The number of hydrogen-bond donors (Lipinski definition) is 2. The van der Waals surface area contributed by atoms with Crippen molar-refractivity contribution in [2.75, 3.05) is 0 Å². The van der Waals surface area contributed by atoms with Gasteiger partial charge < -0.3 is 10.4 Å². The zero-order chi connectivity index (χ0) is 17.0. The van der Waals surface area contributed by atoms with Crippen LogP contribution in [0.15, 0.2) is 29.6 Å². The van der Waals surface area contributed by atoms with E-state index < -0.39 is 12.0 Å². The summed E-state index contributed by atoms with van der Waals surface area (Å²) in [5.41, 5.74) is 2.09.